The molecule has 0 saturated carbocycles. The van der Waals surface area contributed by atoms with Crippen molar-refractivity contribution in [1.29, 1.82) is 0 Å². The SMILES string of the molecule is O=C(Nc1c(Cl)ncnc1Cl)C1CCCS1. The summed E-state index contributed by atoms with van der Waals surface area (Å²) in [5.74, 6) is 0.936. The molecular formula is C9H9Cl2N3OS. The van der Waals surface area contributed by atoms with Crippen molar-refractivity contribution in [2.75, 3.05) is 11.1 Å². The number of amides is 1. The first-order valence-corrected chi connectivity index (χ1v) is 6.57. The number of nitrogens with one attached hydrogen (secondary N) is 1. The number of anilines is 1. The van der Waals surface area contributed by atoms with Crippen LogP contribution in [-0.2, 0) is 4.79 Å². The Hall–Kier alpha value is -0.520. The summed E-state index contributed by atoms with van der Waals surface area (Å²) in [6.07, 6.45) is 3.21. The van der Waals surface area contributed by atoms with E-state index in [1.807, 2.05) is 0 Å². The maximum atomic E-state index is 11.8. The summed E-state index contributed by atoms with van der Waals surface area (Å²) in [4.78, 5) is 19.4. The zero-order valence-electron chi connectivity index (χ0n) is 8.24. The Morgan fingerprint density at radius 3 is 2.69 bits per heavy atom. The molecule has 1 fully saturated rings. The summed E-state index contributed by atoms with van der Waals surface area (Å²) in [6, 6.07) is 0. The van der Waals surface area contributed by atoms with Gasteiger partial charge in [-0.25, -0.2) is 9.97 Å². The van der Waals surface area contributed by atoms with Crippen LogP contribution in [-0.4, -0.2) is 26.9 Å². The number of hydrogen-bond acceptors (Lipinski definition) is 4. The summed E-state index contributed by atoms with van der Waals surface area (Å²) in [5, 5.41) is 2.98. The normalized spacial score (nSPS) is 19.8. The number of carbonyl (C=O) groups excluding carboxylic acids is 1. The molecule has 1 saturated heterocycles. The first kappa shape index (κ1) is 12.0. The minimum Gasteiger partial charge on any atom is -0.320 e. The van der Waals surface area contributed by atoms with Crippen LogP contribution in [0.4, 0.5) is 5.69 Å². The van der Waals surface area contributed by atoms with Crippen molar-refractivity contribution in [3.8, 4) is 0 Å². The first-order valence-electron chi connectivity index (χ1n) is 4.77. The molecule has 1 aliphatic rings. The average molecular weight is 278 g/mol. The third-order valence-corrected chi connectivity index (χ3v) is 4.17. The quantitative estimate of drug-likeness (QED) is 0.845. The van der Waals surface area contributed by atoms with E-state index in [0.29, 0.717) is 5.69 Å². The molecule has 0 spiro atoms. The van der Waals surface area contributed by atoms with Crippen LogP contribution < -0.4 is 5.32 Å². The van der Waals surface area contributed by atoms with E-state index in [4.69, 9.17) is 23.2 Å². The fraction of sp³-hybridized carbons (Fsp3) is 0.444. The summed E-state index contributed by atoms with van der Waals surface area (Å²) in [7, 11) is 0. The van der Waals surface area contributed by atoms with E-state index in [1.54, 1.807) is 11.8 Å². The fourth-order valence-electron chi connectivity index (χ4n) is 1.44. The van der Waals surface area contributed by atoms with Crippen molar-refractivity contribution in [1.82, 2.24) is 9.97 Å². The van der Waals surface area contributed by atoms with Gasteiger partial charge in [-0.1, -0.05) is 23.2 Å². The molecule has 0 bridgehead atoms. The summed E-state index contributed by atoms with van der Waals surface area (Å²) in [5.41, 5.74) is 0.295. The smallest absolute Gasteiger partial charge is 0.237 e. The molecule has 7 heteroatoms. The predicted molar refractivity (Wildman–Crippen MR) is 66.2 cm³/mol. The van der Waals surface area contributed by atoms with Crippen molar-refractivity contribution in [2.24, 2.45) is 0 Å². The average Bonchev–Trinajstić information content (AvgIpc) is 2.76. The lowest BCUT2D eigenvalue weighted by molar-refractivity contribution is -0.115. The van der Waals surface area contributed by atoms with Crippen LogP contribution in [0.3, 0.4) is 0 Å². The molecular weight excluding hydrogens is 269 g/mol. The third-order valence-electron chi connectivity index (χ3n) is 2.23. The number of hydrogen-bond donors (Lipinski definition) is 1. The lowest BCUT2D eigenvalue weighted by atomic mass is 10.2. The zero-order chi connectivity index (χ0) is 11.5. The van der Waals surface area contributed by atoms with E-state index >= 15 is 0 Å². The van der Waals surface area contributed by atoms with Crippen LogP contribution in [0.15, 0.2) is 6.33 Å². The van der Waals surface area contributed by atoms with Gasteiger partial charge in [-0.15, -0.1) is 11.8 Å². The number of halogens is 2. The monoisotopic (exact) mass is 277 g/mol. The van der Waals surface area contributed by atoms with Gasteiger partial charge in [-0.3, -0.25) is 4.79 Å². The van der Waals surface area contributed by atoms with E-state index in [9.17, 15) is 4.79 Å². The third kappa shape index (κ3) is 2.59. The second-order valence-electron chi connectivity index (χ2n) is 3.32. The van der Waals surface area contributed by atoms with Crippen LogP contribution in [0.25, 0.3) is 0 Å². The highest BCUT2D eigenvalue weighted by Crippen LogP contribution is 2.30. The lowest BCUT2D eigenvalue weighted by Gasteiger charge is -2.11. The van der Waals surface area contributed by atoms with Gasteiger partial charge in [0.2, 0.25) is 5.91 Å². The molecule has 2 rings (SSSR count). The number of aromatic nitrogens is 2. The molecule has 1 unspecified atom stereocenters. The minimum atomic E-state index is -0.0823. The largest absolute Gasteiger partial charge is 0.320 e. The van der Waals surface area contributed by atoms with Crippen molar-refractivity contribution in [3.63, 3.8) is 0 Å². The van der Waals surface area contributed by atoms with Crippen molar-refractivity contribution in [2.45, 2.75) is 18.1 Å². The topological polar surface area (TPSA) is 54.9 Å². The van der Waals surface area contributed by atoms with E-state index in [-0.39, 0.29) is 21.5 Å². The Bertz CT molecular complexity index is 389. The highest BCUT2D eigenvalue weighted by molar-refractivity contribution is 8.00. The van der Waals surface area contributed by atoms with Crippen molar-refractivity contribution >= 4 is 46.6 Å². The molecule has 1 aromatic rings. The molecule has 16 heavy (non-hydrogen) atoms. The molecule has 1 aliphatic heterocycles. The van der Waals surface area contributed by atoms with Gasteiger partial charge in [-0.2, -0.15) is 0 Å². The van der Waals surface area contributed by atoms with E-state index < -0.39 is 0 Å². The second kappa shape index (κ2) is 5.21. The molecule has 1 aromatic heterocycles. The highest BCUT2D eigenvalue weighted by Gasteiger charge is 2.24. The molecule has 86 valence electrons. The highest BCUT2D eigenvalue weighted by atomic mass is 35.5. The maximum Gasteiger partial charge on any atom is 0.237 e. The molecule has 1 N–H and O–H groups in total. The van der Waals surface area contributed by atoms with Gasteiger partial charge in [0.05, 0.1) is 5.25 Å². The molecule has 0 aliphatic carbocycles. The fourth-order valence-corrected chi connectivity index (χ4v) is 3.01. The number of carbonyl (C=O) groups is 1. The van der Waals surface area contributed by atoms with Gasteiger partial charge < -0.3 is 5.32 Å². The van der Waals surface area contributed by atoms with Crippen LogP contribution in [0.1, 0.15) is 12.8 Å². The van der Waals surface area contributed by atoms with Gasteiger partial charge in [-0.05, 0) is 18.6 Å². The molecule has 0 radical (unpaired) electrons. The predicted octanol–water partition coefficient (Wildman–Crippen LogP) is 2.62. The van der Waals surface area contributed by atoms with Gasteiger partial charge >= 0.3 is 0 Å². The zero-order valence-corrected chi connectivity index (χ0v) is 10.6. The van der Waals surface area contributed by atoms with Crippen LogP contribution in [0, 0.1) is 0 Å². The van der Waals surface area contributed by atoms with E-state index in [1.165, 1.54) is 6.33 Å². The maximum absolute atomic E-state index is 11.8. The van der Waals surface area contributed by atoms with Crippen molar-refractivity contribution < 1.29 is 4.79 Å². The van der Waals surface area contributed by atoms with Gasteiger partial charge in [0.25, 0.3) is 0 Å². The molecule has 1 atom stereocenters. The lowest BCUT2D eigenvalue weighted by Crippen LogP contribution is -2.23. The standard InChI is InChI=1S/C9H9Cl2N3OS/c10-7-6(8(11)13-4-12-7)14-9(15)5-2-1-3-16-5/h4-5H,1-3H2,(H,14,15). The summed E-state index contributed by atoms with van der Waals surface area (Å²) < 4.78 is 0. The van der Waals surface area contributed by atoms with Crippen molar-refractivity contribution in [3.05, 3.63) is 16.6 Å². The Morgan fingerprint density at radius 2 is 2.12 bits per heavy atom. The minimum absolute atomic E-state index is 0.0210. The summed E-state index contributed by atoms with van der Waals surface area (Å²) >= 11 is 13.3. The van der Waals surface area contributed by atoms with Crippen LogP contribution in [0.2, 0.25) is 10.3 Å². The van der Waals surface area contributed by atoms with E-state index in [2.05, 4.69) is 15.3 Å². The molecule has 0 aromatic carbocycles. The first-order chi connectivity index (χ1) is 7.68. The Labute approximate surface area is 107 Å². The van der Waals surface area contributed by atoms with E-state index in [0.717, 1.165) is 18.6 Å². The molecule has 2 heterocycles. The van der Waals surface area contributed by atoms with Crippen LogP contribution >= 0.6 is 35.0 Å². The Morgan fingerprint density at radius 1 is 1.44 bits per heavy atom. The molecule has 1 amide bonds. The van der Waals surface area contributed by atoms with Gasteiger partial charge in [0.15, 0.2) is 10.3 Å². The molecule has 4 nitrogen and oxygen atoms in total. The number of nitrogens with zero attached hydrogens (tertiary/aromatic N) is 2. The van der Waals surface area contributed by atoms with Gasteiger partial charge in [0.1, 0.15) is 12.0 Å². The number of thioether (sulfide) groups is 1. The Kier molecular flexibility index (Phi) is 3.89. The van der Waals surface area contributed by atoms with Crippen LogP contribution in [0.5, 0.6) is 0 Å². The Balaban J connectivity index is 2.11. The second-order valence-corrected chi connectivity index (χ2v) is 5.35. The van der Waals surface area contributed by atoms with Gasteiger partial charge in [0, 0.05) is 0 Å². The number of rotatable bonds is 2. The summed E-state index contributed by atoms with van der Waals surface area (Å²) in [6.45, 7) is 0.